The summed E-state index contributed by atoms with van der Waals surface area (Å²) in [6, 6.07) is 4.87. The average Bonchev–Trinajstić information content (AvgIpc) is 2.92. The first-order chi connectivity index (χ1) is 9.89. The van der Waals surface area contributed by atoms with Crippen molar-refractivity contribution in [1.29, 1.82) is 0 Å². The highest BCUT2D eigenvalue weighted by Crippen LogP contribution is 2.37. The molecular weight excluding hydrogens is 285 g/mol. The zero-order valence-electron chi connectivity index (χ0n) is 11.4. The lowest BCUT2D eigenvalue weighted by atomic mass is 9.92. The Balaban J connectivity index is 2.09. The fourth-order valence-corrected chi connectivity index (χ4v) is 2.78. The van der Waals surface area contributed by atoms with Gasteiger partial charge in [0.25, 0.3) is 0 Å². The lowest BCUT2D eigenvalue weighted by molar-refractivity contribution is -0.145. The molecule has 2 rings (SSSR count). The molecule has 116 valence electrons. The van der Waals surface area contributed by atoms with Crippen LogP contribution in [-0.2, 0) is 11.0 Å². The molecule has 1 fully saturated rings. The zero-order valence-corrected chi connectivity index (χ0v) is 11.4. The van der Waals surface area contributed by atoms with Crippen LogP contribution in [0.15, 0.2) is 24.3 Å². The molecule has 1 saturated carbocycles. The maximum Gasteiger partial charge on any atom is 0.419 e. The molecule has 0 heterocycles. The first-order valence-electron chi connectivity index (χ1n) is 6.91. The highest BCUT2D eigenvalue weighted by Gasteiger charge is 2.35. The first-order valence-corrected chi connectivity index (χ1v) is 6.91. The van der Waals surface area contributed by atoms with Gasteiger partial charge in [-0.2, -0.15) is 13.2 Å². The van der Waals surface area contributed by atoms with Gasteiger partial charge in [-0.15, -0.1) is 0 Å². The van der Waals surface area contributed by atoms with Gasteiger partial charge in [-0.1, -0.05) is 25.0 Å². The van der Waals surface area contributed by atoms with Crippen LogP contribution in [0, 0.1) is 11.8 Å². The van der Waals surface area contributed by atoms with Crippen molar-refractivity contribution in [3.8, 4) is 5.75 Å². The van der Waals surface area contributed by atoms with Crippen molar-refractivity contribution in [1.82, 2.24) is 0 Å². The van der Waals surface area contributed by atoms with Crippen LogP contribution in [0.1, 0.15) is 31.2 Å². The number of halogens is 3. The Morgan fingerprint density at radius 1 is 1.29 bits per heavy atom. The van der Waals surface area contributed by atoms with Crippen LogP contribution in [0.25, 0.3) is 0 Å². The molecule has 0 bridgehead atoms. The van der Waals surface area contributed by atoms with Gasteiger partial charge in [-0.3, -0.25) is 4.79 Å². The highest BCUT2D eigenvalue weighted by atomic mass is 19.4. The third-order valence-corrected chi connectivity index (χ3v) is 3.90. The van der Waals surface area contributed by atoms with E-state index in [1.807, 2.05) is 0 Å². The number of aliphatic carboxylic acids is 1. The van der Waals surface area contributed by atoms with Crippen LogP contribution in [0.4, 0.5) is 13.2 Å². The second kappa shape index (κ2) is 6.37. The standard InChI is InChI=1S/C15H17F3O3/c16-15(17,18)12-7-3-4-8-13(12)21-9-11(14(19)20)10-5-1-2-6-10/h3-4,7-8,10-11H,1-2,5-6,9H2,(H,19,20). The van der Waals surface area contributed by atoms with Crippen molar-refractivity contribution in [2.45, 2.75) is 31.9 Å². The molecule has 0 saturated heterocycles. The van der Waals surface area contributed by atoms with Gasteiger partial charge in [-0.05, 0) is 30.9 Å². The summed E-state index contributed by atoms with van der Waals surface area (Å²) in [5, 5.41) is 9.24. The Labute approximate surface area is 120 Å². The van der Waals surface area contributed by atoms with E-state index in [1.54, 1.807) is 0 Å². The minimum absolute atomic E-state index is 0.0134. The van der Waals surface area contributed by atoms with Crippen LogP contribution in [0.3, 0.4) is 0 Å². The van der Waals surface area contributed by atoms with E-state index in [0.29, 0.717) is 0 Å². The maximum atomic E-state index is 12.8. The first kappa shape index (κ1) is 15.7. The van der Waals surface area contributed by atoms with E-state index < -0.39 is 23.6 Å². The summed E-state index contributed by atoms with van der Waals surface area (Å²) in [4.78, 5) is 11.3. The summed E-state index contributed by atoms with van der Waals surface area (Å²) in [5.74, 6) is -2.09. The second-order valence-corrected chi connectivity index (χ2v) is 5.29. The number of ether oxygens (including phenoxy) is 1. The Bertz CT molecular complexity index is 493. The molecule has 0 radical (unpaired) electrons. The minimum atomic E-state index is -4.51. The van der Waals surface area contributed by atoms with Crippen LogP contribution >= 0.6 is 0 Å². The van der Waals surface area contributed by atoms with Gasteiger partial charge in [0.15, 0.2) is 0 Å². The fourth-order valence-electron chi connectivity index (χ4n) is 2.78. The van der Waals surface area contributed by atoms with E-state index >= 15 is 0 Å². The molecule has 21 heavy (non-hydrogen) atoms. The van der Waals surface area contributed by atoms with Gasteiger partial charge in [0.05, 0.1) is 11.5 Å². The van der Waals surface area contributed by atoms with Crippen molar-refractivity contribution in [2.75, 3.05) is 6.61 Å². The smallest absolute Gasteiger partial charge is 0.419 e. The Hall–Kier alpha value is -1.72. The quantitative estimate of drug-likeness (QED) is 0.895. The van der Waals surface area contributed by atoms with Crippen molar-refractivity contribution in [3.63, 3.8) is 0 Å². The fraction of sp³-hybridized carbons (Fsp3) is 0.533. The Morgan fingerprint density at radius 3 is 2.48 bits per heavy atom. The van der Waals surface area contributed by atoms with Gasteiger partial charge < -0.3 is 9.84 Å². The van der Waals surface area contributed by atoms with Crippen LogP contribution < -0.4 is 4.74 Å². The predicted molar refractivity (Wildman–Crippen MR) is 70.0 cm³/mol. The van der Waals surface area contributed by atoms with Crippen LogP contribution in [-0.4, -0.2) is 17.7 Å². The number of benzene rings is 1. The summed E-state index contributed by atoms with van der Waals surface area (Å²) in [5.41, 5.74) is -0.874. The normalized spacial score (nSPS) is 17.7. The van der Waals surface area contributed by atoms with Gasteiger partial charge >= 0.3 is 12.1 Å². The molecule has 1 unspecified atom stereocenters. The lowest BCUT2D eigenvalue weighted by Gasteiger charge is -2.21. The average molecular weight is 302 g/mol. The highest BCUT2D eigenvalue weighted by molar-refractivity contribution is 5.70. The lowest BCUT2D eigenvalue weighted by Crippen LogP contribution is -2.28. The number of rotatable bonds is 5. The number of carbonyl (C=O) groups is 1. The number of hydrogen-bond acceptors (Lipinski definition) is 2. The third-order valence-electron chi connectivity index (χ3n) is 3.90. The summed E-state index contributed by atoms with van der Waals surface area (Å²) in [6.45, 7) is -0.229. The topological polar surface area (TPSA) is 46.5 Å². The molecule has 0 spiro atoms. The molecule has 1 aliphatic rings. The molecular formula is C15H17F3O3. The van der Waals surface area contributed by atoms with E-state index in [9.17, 15) is 23.1 Å². The number of alkyl halides is 3. The van der Waals surface area contributed by atoms with Crippen LogP contribution in [0.2, 0.25) is 0 Å². The van der Waals surface area contributed by atoms with Gasteiger partial charge in [0.1, 0.15) is 12.4 Å². The molecule has 3 nitrogen and oxygen atoms in total. The number of carboxylic acid groups (broad SMARTS) is 1. The SMILES string of the molecule is O=C(O)C(COc1ccccc1C(F)(F)F)C1CCCC1. The van der Waals surface area contributed by atoms with Crippen molar-refractivity contribution in [2.24, 2.45) is 11.8 Å². The maximum absolute atomic E-state index is 12.8. The van der Waals surface area contributed by atoms with E-state index in [1.165, 1.54) is 18.2 Å². The summed E-state index contributed by atoms with van der Waals surface area (Å²) < 4.78 is 43.7. The molecule has 0 aromatic heterocycles. The monoisotopic (exact) mass is 302 g/mol. The Kier molecular flexibility index (Phi) is 4.75. The molecule has 1 N–H and O–H groups in total. The molecule has 1 aromatic carbocycles. The van der Waals surface area contributed by atoms with Crippen LogP contribution in [0.5, 0.6) is 5.75 Å². The number of hydrogen-bond donors (Lipinski definition) is 1. The zero-order chi connectivity index (χ0) is 15.5. The van der Waals surface area contributed by atoms with E-state index in [-0.39, 0.29) is 18.3 Å². The molecule has 0 aliphatic heterocycles. The molecule has 1 aliphatic carbocycles. The largest absolute Gasteiger partial charge is 0.492 e. The van der Waals surface area contributed by atoms with Crippen molar-refractivity contribution >= 4 is 5.97 Å². The summed E-state index contributed by atoms with van der Waals surface area (Å²) in [6.07, 6.45) is -0.994. The number of para-hydroxylation sites is 1. The van der Waals surface area contributed by atoms with Crippen molar-refractivity contribution < 1.29 is 27.8 Å². The van der Waals surface area contributed by atoms with E-state index in [2.05, 4.69) is 0 Å². The molecule has 0 amide bonds. The van der Waals surface area contributed by atoms with Gasteiger partial charge in [0, 0.05) is 0 Å². The number of carboxylic acids is 1. The summed E-state index contributed by atoms with van der Waals surface area (Å²) in [7, 11) is 0. The Morgan fingerprint density at radius 2 is 1.90 bits per heavy atom. The van der Waals surface area contributed by atoms with E-state index in [4.69, 9.17) is 4.74 Å². The molecule has 6 heteroatoms. The van der Waals surface area contributed by atoms with Crippen molar-refractivity contribution in [3.05, 3.63) is 29.8 Å². The van der Waals surface area contributed by atoms with Gasteiger partial charge in [-0.25, -0.2) is 0 Å². The second-order valence-electron chi connectivity index (χ2n) is 5.29. The molecule has 1 atom stereocenters. The van der Waals surface area contributed by atoms with Gasteiger partial charge in [0.2, 0.25) is 0 Å². The third kappa shape index (κ3) is 3.89. The molecule has 1 aromatic rings. The summed E-state index contributed by atoms with van der Waals surface area (Å²) >= 11 is 0. The van der Waals surface area contributed by atoms with E-state index in [0.717, 1.165) is 31.7 Å². The predicted octanol–water partition coefficient (Wildman–Crippen LogP) is 3.98. The minimum Gasteiger partial charge on any atom is -0.492 e.